The Morgan fingerprint density at radius 3 is 2.76 bits per heavy atom. The number of nitrogens with zero attached hydrogens (tertiary/aromatic N) is 2. The van der Waals surface area contributed by atoms with Gasteiger partial charge < -0.3 is 10.1 Å². The van der Waals surface area contributed by atoms with Crippen LogP contribution in [0.4, 0.5) is 0 Å². The molecule has 0 spiro atoms. The Balaban J connectivity index is 2.14. The summed E-state index contributed by atoms with van der Waals surface area (Å²) in [5.74, 6) is 0. The predicted octanol–water partition coefficient (Wildman–Crippen LogP) is 3.45. The zero-order chi connectivity index (χ0) is 15.4. The van der Waals surface area contributed by atoms with Crippen LogP contribution in [-0.2, 0) is 17.7 Å². The lowest BCUT2D eigenvalue weighted by atomic mass is 10.0. The molecule has 1 aromatic heterocycles. The van der Waals surface area contributed by atoms with Crippen LogP contribution < -0.4 is 5.32 Å². The first-order valence-electron chi connectivity index (χ1n) is 8.17. The van der Waals surface area contributed by atoms with Crippen LogP contribution in [0, 0.1) is 6.92 Å². The summed E-state index contributed by atoms with van der Waals surface area (Å²) in [4.78, 5) is 0. The molecule has 5 heteroatoms. The molecule has 21 heavy (non-hydrogen) atoms. The smallest absolute Gasteiger partial charge is 0.0738 e. The van der Waals surface area contributed by atoms with Crippen molar-refractivity contribution in [2.45, 2.75) is 78.2 Å². The largest absolute Gasteiger partial charge is 0.374 e. The van der Waals surface area contributed by atoms with E-state index < -0.39 is 0 Å². The second-order valence-electron chi connectivity index (χ2n) is 5.99. The predicted molar refractivity (Wildman–Crippen MR) is 89.7 cm³/mol. The number of nitrogens with one attached hydrogen (secondary N) is 1. The maximum absolute atomic E-state index is 6.11. The molecule has 2 rings (SSSR count). The van der Waals surface area contributed by atoms with Crippen LogP contribution in [0.1, 0.15) is 51.4 Å². The highest BCUT2D eigenvalue weighted by molar-refractivity contribution is 9.10. The molecule has 0 aromatic carbocycles. The van der Waals surface area contributed by atoms with Crippen molar-refractivity contribution in [1.29, 1.82) is 0 Å². The van der Waals surface area contributed by atoms with E-state index in [2.05, 4.69) is 58.7 Å². The lowest BCUT2D eigenvalue weighted by molar-refractivity contribution is 0.0316. The molecule has 1 N–H and O–H groups in total. The van der Waals surface area contributed by atoms with Crippen LogP contribution in [-0.4, -0.2) is 34.6 Å². The number of hydrogen-bond acceptors (Lipinski definition) is 3. The Kier molecular flexibility index (Phi) is 6.26. The molecule has 0 radical (unpaired) electrons. The van der Waals surface area contributed by atoms with Crippen molar-refractivity contribution in [3.63, 3.8) is 0 Å². The van der Waals surface area contributed by atoms with E-state index in [9.17, 15) is 0 Å². The topological polar surface area (TPSA) is 39.1 Å². The fourth-order valence-electron chi connectivity index (χ4n) is 3.07. The minimum Gasteiger partial charge on any atom is -0.374 e. The molecule has 0 amide bonds. The van der Waals surface area contributed by atoms with E-state index in [0.29, 0.717) is 18.2 Å². The molecule has 2 heterocycles. The number of halogens is 1. The maximum Gasteiger partial charge on any atom is 0.0738 e. The van der Waals surface area contributed by atoms with Gasteiger partial charge >= 0.3 is 0 Å². The van der Waals surface area contributed by atoms with Crippen molar-refractivity contribution in [3.8, 4) is 0 Å². The second kappa shape index (κ2) is 7.75. The fourth-order valence-corrected chi connectivity index (χ4v) is 3.51. The Hall–Kier alpha value is -0.390. The summed E-state index contributed by atoms with van der Waals surface area (Å²) < 4.78 is 9.37. The molecule has 120 valence electrons. The van der Waals surface area contributed by atoms with Crippen molar-refractivity contribution in [2.75, 3.05) is 6.54 Å². The summed E-state index contributed by atoms with van der Waals surface area (Å²) in [6.45, 7) is 10.5. The molecule has 1 aliphatic heterocycles. The van der Waals surface area contributed by atoms with Crippen molar-refractivity contribution in [1.82, 2.24) is 15.1 Å². The van der Waals surface area contributed by atoms with Crippen LogP contribution in [0.2, 0.25) is 0 Å². The van der Waals surface area contributed by atoms with Gasteiger partial charge in [0.25, 0.3) is 0 Å². The Morgan fingerprint density at radius 1 is 1.43 bits per heavy atom. The van der Waals surface area contributed by atoms with Crippen molar-refractivity contribution in [3.05, 3.63) is 15.9 Å². The van der Waals surface area contributed by atoms with E-state index in [1.165, 1.54) is 12.1 Å². The lowest BCUT2D eigenvalue weighted by Crippen LogP contribution is -2.42. The monoisotopic (exact) mass is 357 g/mol. The van der Waals surface area contributed by atoms with Crippen LogP contribution >= 0.6 is 15.9 Å². The van der Waals surface area contributed by atoms with Gasteiger partial charge in [-0.1, -0.05) is 6.92 Å². The number of aromatic nitrogens is 2. The summed E-state index contributed by atoms with van der Waals surface area (Å²) in [6.07, 6.45) is 5.14. The van der Waals surface area contributed by atoms with E-state index in [1.54, 1.807) is 0 Å². The summed E-state index contributed by atoms with van der Waals surface area (Å²) in [6, 6.07) is 0.368. The standard InChI is InChI=1S/C16H28BrN3O/c1-5-9-18-13(15-8-7-11(3)21-15)10-14-16(17)12(4)19-20(14)6-2/h11,13,15,18H,5-10H2,1-4H3. The van der Waals surface area contributed by atoms with Crippen LogP contribution in [0.15, 0.2) is 4.47 Å². The highest BCUT2D eigenvalue weighted by atomic mass is 79.9. The van der Waals surface area contributed by atoms with Crippen molar-refractivity contribution >= 4 is 15.9 Å². The normalized spacial score (nSPS) is 23.7. The summed E-state index contributed by atoms with van der Waals surface area (Å²) >= 11 is 3.71. The molecule has 1 saturated heterocycles. The summed E-state index contributed by atoms with van der Waals surface area (Å²) in [5, 5.41) is 8.29. The third-order valence-electron chi connectivity index (χ3n) is 4.24. The maximum atomic E-state index is 6.11. The Labute approximate surface area is 136 Å². The fraction of sp³-hybridized carbons (Fsp3) is 0.812. The number of hydrogen-bond donors (Lipinski definition) is 1. The zero-order valence-electron chi connectivity index (χ0n) is 13.7. The van der Waals surface area contributed by atoms with E-state index >= 15 is 0 Å². The highest BCUT2D eigenvalue weighted by Crippen LogP contribution is 2.27. The van der Waals surface area contributed by atoms with Gasteiger partial charge in [-0.25, -0.2) is 0 Å². The number of aryl methyl sites for hydroxylation is 2. The molecule has 0 aliphatic carbocycles. The quantitative estimate of drug-likeness (QED) is 0.812. The zero-order valence-corrected chi connectivity index (χ0v) is 15.2. The number of rotatable bonds is 7. The van der Waals surface area contributed by atoms with Crippen molar-refractivity contribution in [2.24, 2.45) is 0 Å². The molecule has 1 aromatic rings. The summed E-state index contributed by atoms with van der Waals surface area (Å²) in [5.41, 5.74) is 2.36. The Morgan fingerprint density at radius 2 is 2.19 bits per heavy atom. The van der Waals surface area contributed by atoms with Gasteiger partial charge in [-0.3, -0.25) is 4.68 Å². The van der Waals surface area contributed by atoms with Crippen LogP contribution in [0.5, 0.6) is 0 Å². The van der Waals surface area contributed by atoms with Gasteiger partial charge in [0.15, 0.2) is 0 Å². The van der Waals surface area contributed by atoms with Gasteiger partial charge in [-0.05, 0) is 62.5 Å². The highest BCUT2D eigenvalue weighted by Gasteiger charge is 2.30. The molecule has 1 fully saturated rings. The molecule has 3 unspecified atom stereocenters. The van der Waals surface area contributed by atoms with Gasteiger partial charge in [0.1, 0.15) is 0 Å². The van der Waals surface area contributed by atoms with Crippen LogP contribution in [0.25, 0.3) is 0 Å². The lowest BCUT2D eigenvalue weighted by Gasteiger charge is -2.25. The SMILES string of the molecule is CCCNC(Cc1c(Br)c(C)nn1CC)C1CCC(C)O1. The molecule has 1 aliphatic rings. The Bertz CT molecular complexity index is 461. The molecule has 0 bridgehead atoms. The second-order valence-corrected chi connectivity index (χ2v) is 6.78. The van der Waals surface area contributed by atoms with E-state index in [0.717, 1.165) is 42.5 Å². The molecular formula is C16H28BrN3O. The number of ether oxygens (including phenoxy) is 1. The van der Waals surface area contributed by atoms with Crippen LogP contribution in [0.3, 0.4) is 0 Å². The third-order valence-corrected chi connectivity index (χ3v) is 5.27. The minimum absolute atomic E-state index is 0.318. The molecule has 4 nitrogen and oxygen atoms in total. The average Bonchev–Trinajstić information content (AvgIpc) is 3.01. The van der Waals surface area contributed by atoms with E-state index in [-0.39, 0.29) is 0 Å². The van der Waals surface area contributed by atoms with Gasteiger partial charge in [0, 0.05) is 19.0 Å². The van der Waals surface area contributed by atoms with Gasteiger partial charge in [0.05, 0.1) is 28.1 Å². The molecule has 0 saturated carbocycles. The van der Waals surface area contributed by atoms with Gasteiger partial charge in [0.2, 0.25) is 0 Å². The van der Waals surface area contributed by atoms with E-state index in [4.69, 9.17) is 4.74 Å². The van der Waals surface area contributed by atoms with Gasteiger partial charge in [-0.15, -0.1) is 0 Å². The van der Waals surface area contributed by atoms with Gasteiger partial charge in [-0.2, -0.15) is 5.10 Å². The minimum atomic E-state index is 0.318. The summed E-state index contributed by atoms with van der Waals surface area (Å²) in [7, 11) is 0. The first-order chi connectivity index (χ1) is 10.1. The molecule has 3 atom stereocenters. The first-order valence-corrected chi connectivity index (χ1v) is 8.96. The third kappa shape index (κ3) is 4.08. The van der Waals surface area contributed by atoms with Crippen molar-refractivity contribution < 1.29 is 4.74 Å². The first kappa shape index (κ1) is 17.0. The van der Waals surface area contributed by atoms with E-state index in [1.807, 2.05) is 0 Å². The molecular weight excluding hydrogens is 330 g/mol. The average molecular weight is 358 g/mol.